The molecule has 7 N–H and O–H groups in total. The van der Waals surface area contributed by atoms with E-state index < -0.39 is 57.5 Å². The molecule has 0 aliphatic heterocycles. The van der Waals surface area contributed by atoms with Crippen LogP contribution >= 0.6 is 11.3 Å². The zero-order chi connectivity index (χ0) is 25.9. The highest BCUT2D eigenvalue weighted by molar-refractivity contribution is 7.92. The summed E-state index contributed by atoms with van der Waals surface area (Å²) in [4.78, 5) is 39.3. The molecule has 0 saturated carbocycles. The van der Waals surface area contributed by atoms with Crippen molar-refractivity contribution in [1.82, 2.24) is 16.1 Å². The van der Waals surface area contributed by atoms with Gasteiger partial charge in [0.15, 0.2) is 14.9 Å². The maximum atomic E-state index is 12.8. The van der Waals surface area contributed by atoms with Crippen molar-refractivity contribution in [2.24, 2.45) is 16.6 Å². The Balaban J connectivity index is 2.89. The van der Waals surface area contributed by atoms with Gasteiger partial charge in [-0.05, 0) is 36.6 Å². The lowest BCUT2D eigenvalue weighted by molar-refractivity contribution is -0.525. The van der Waals surface area contributed by atoms with E-state index in [1.165, 1.54) is 11.4 Å². The van der Waals surface area contributed by atoms with Crippen molar-refractivity contribution >= 4 is 46.1 Å². The van der Waals surface area contributed by atoms with Crippen LogP contribution in [0.1, 0.15) is 33.1 Å². The average Bonchev–Trinajstić information content (AvgIpc) is 3.24. The van der Waals surface area contributed by atoms with Gasteiger partial charge < -0.3 is 26.4 Å². The first kappa shape index (κ1) is 29.3. The SMILES string of the molecule is CC(C)C[C@H](NC(=O)[C@H](CCCN=C(N)N[N+](=O)[O-])NC(=O)CS(=O)(=O)c1ccsc1)B(O)O. The second kappa shape index (κ2) is 13.8. The molecule has 1 heterocycles. The maximum absolute atomic E-state index is 12.8. The first-order chi connectivity index (χ1) is 15.8. The van der Waals surface area contributed by atoms with Gasteiger partial charge in [0.05, 0.1) is 10.8 Å². The van der Waals surface area contributed by atoms with Crippen LogP contribution in [-0.2, 0) is 19.4 Å². The first-order valence-corrected chi connectivity index (χ1v) is 12.8. The lowest BCUT2D eigenvalue weighted by Crippen LogP contribution is -2.54. The minimum Gasteiger partial charge on any atom is -0.426 e. The Labute approximate surface area is 201 Å². The Bertz CT molecular complexity index is 955. The molecule has 0 spiro atoms. The number of hydrazine groups is 1. The summed E-state index contributed by atoms with van der Waals surface area (Å²) >= 11 is 1.15. The monoisotopic (exact) mass is 520 g/mol. The third-order valence-electron chi connectivity index (χ3n) is 4.38. The highest BCUT2D eigenvalue weighted by Crippen LogP contribution is 2.15. The van der Waals surface area contributed by atoms with E-state index in [1.807, 2.05) is 13.8 Å². The van der Waals surface area contributed by atoms with Crippen molar-refractivity contribution in [2.45, 2.75) is 50.0 Å². The fraction of sp³-hybridized carbons (Fsp3) is 0.588. The number of amides is 2. The predicted molar refractivity (Wildman–Crippen MR) is 126 cm³/mol. The average molecular weight is 520 g/mol. The third-order valence-corrected chi connectivity index (χ3v) is 6.83. The minimum atomic E-state index is -3.91. The van der Waals surface area contributed by atoms with Crippen LogP contribution in [0.5, 0.6) is 0 Å². The minimum absolute atomic E-state index is 0.0160. The number of rotatable bonds is 14. The molecule has 0 unspecified atom stereocenters. The van der Waals surface area contributed by atoms with Crippen molar-refractivity contribution in [3.8, 4) is 0 Å². The van der Waals surface area contributed by atoms with E-state index in [2.05, 4.69) is 15.6 Å². The van der Waals surface area contributed by atoms with Crippen LogP contribution in [0.25, 0.3) is 0 Å². The third kappa shape index (κ3) is 10.9. The number of nitrogens with two attached hydrogens (primary N) is 1. The predicted octanol–water partition coefficient (Wildman–Crippen LogP) is -1.57. The molecule has 2 amide bonds. The molecule has 17 heteroatoms. The molecule has 0 radical (unpaired) electrons. The van der Waals surface area contributed by atoms with Crippen LogP contribution < -0.4 is 21.8 Å². The molecule has 0 bridgehead atoms. The number of nitro groups is 1. The van der Waals surface area contributed by atoms with Crippen LogP contribution in [0.3, 0.4) is 0 Å². The van der Waals surface area contributed by atoms with Crippen molar-refractivity contribution in [3.05, 3.63) is 26.9 Å². The number of aliphatic imine (C=N–C) groups is 1. The summed E-state index contributed by atoms with van der Waals surface area (Å²) in [5.41, 5.74) is 6.98. The second-order valence-corrected chi connectivity index (χ2v) is 10.5. The molecule has 1 aromatic rings. The number of carbonyl (C=O) groups excluding carboxylic acids is 2. The van der Waals surface area contributed by atoms with E-state index in [4.69, 9.17) is 5.73 Å². The molecule has 0 aliphatic carbocycles. The van der Waals surface area contributed by atoms with E-state index in [-0.39, 0.29) is 36.6 Å². The Hall–Kier alpha value is -2.76. The Morgan fingerprint density at radius 1 is 1.32 bits per heavy atom. The summed E-state index contributed by atoms with van der Waals surface area (Å²) in [5.74, 6) is -4.00. The van der Waals surface area contributed by atoms with Gasteiger partial charge in [-0.1, -0.05) is 19.3 Å². The van der Waals surface area contributed by atoms with Crippen LogP contribution in [0.4, 0.5) is 0 Å². The molecule has 0 aliphatic rings. The van der Waals surface area contributed by atoms with Crippen molar-refractivity contribution in [1.29, 1.82) is 0 Å². The summed E-state index contributed by atoms with van der Waals surface area (Å²) < 4.78 is 24.7. The van der Waals surface area contributed by atoms with Gasteiger partial charge in [0.1, 0.15) is 11.8 Å². The molecular formula is C17H29BN6O8S2. The van der Waals surface area contributed by atoms with E-state index >= 15 is 0 Å². The molecule has 1 rings (SSSR count). The smallest absolute Gasteiger partial charge is 0.426 e. The fourth-order valence-electron chi connectivity index (χ4n) is 2.86. The number of thiophene rings is 1. The molecule has 0 aromatic carbocycles. The van der Waals surface area contributed by atoms with Gasteiger partial charge in [-0.15, -0.1) is 0 Å². The number of nitrogens with zero attached hydrogens (tertiary/aromatic N) is 2. The largest absolute Gasteiger partial charge is 0.475 e. The molecule has 14 nitrogen and oxygen atoms in total. The lowest BCUT2D eigenvalue weighted by atomic mass is 9.75. The lowest BCUT2D eigenvalue weighted by Gasteiger charge is -2.24. The number of hydrogen-bond acceptors (Lipinski definition) is 10. The van der Waals surface area contributed by atoms with Gasteiger partial charge >= 0.3 is 7.12 Å². The van der Waals surface area contributed by atoms with Crippen molar-refractivity contribution < 1.29 is 33.1 Å². The summed E-state index contributed by atoms with van der Waals surface area (Å²) in [5, 5.41) is 36.3. The van der Waals surface area contributed by atoms with Gasteiger partial charge in [-0.3, -0.25) is 9.59 Å². The van der Waals surface area contributed by atoms with E-state index in [0.717, 1.165) is 11.3 Å². The van der Waals surface area contributed by atoms with Crippen molar-refractivity contribution in [3.63, 3.8) is 0 Å². The maximum Gasteiger partial charge on any atom is 0.475 e. The topological polar surface area (TPSA) is 226 Å². The highest BCUT2D eigenvalue weighted by atomic mass is 32.2. The molecule has 34 heavy (non-hydrogen) atoms. The van der Waals surface area contributed by atoms with Gasteiger partial charge in [0.25, 0.3) is 5.96 Å². The standard InChI is InChI=1S/C17H29BN6O8S2/c1-11(2)8-14(18(27)28)22-16(26)13(4-3-6-20-17(19)23-24(29)30)21-15(25)10-34(31,32)12-5-7-33-9-12/h5,7,9,11,13-14,27-28H,3-4,6,8,10H2,1-2H3,(H,21,25)(H,22,26)(H3,19,20,23)/t13-,14-/m0/s1. The van der Waals surface area contributed by atoms with Crippen LogP contribution in [0, 0.1) is 16.0 Å². The highest BCUT2D eigenvalue weighted by Gasteiger charge is 2.30. The molecule has 1 aromatic heterocycles. The van der Waals surface area contributed by atoms with E-state index in [1.54, 1.807) is 10.8 Å². The van der Waals surface area contributed by atoms with Crippen LogP contribution in [0.15, 0.2) is 26.7 Å². The number of sulfone groups is 1. The van der Waals surface area contributed by atoms with Gasteiger partial charge in [0, 0.05) is 11.9 Å². The molecular weight excluding hydrogens is 491 g/mol. The normalized spacial score (nSPS) is 13.7. The molecule has 190 valence electrons. The molecule has 0 fully saturated rings. The fourth-order valence-corrected chi connectivity index (χ4v) is 5.09. The van der Waals surface area contributed by atoms with Crippen LogP contribution in [0.2, 0.25) is 0 Å². The number of guanidine groups is 1. The quantitative estimate of drug-likeness (QED) is 0.0412. The first-order valence-electron chi connectivity index (χ1n) is 10.2. The molecule has 0 saturated heterocycles. The second-order valence-electron chi connectivity index (χ2n) is 7.77. The number of nitrogens with one attached hydrogen (secondary N) is 3. The Morgan fingerprint density at radius 3 is 2.53 bits per heavy atom. The van der Waals surface area contributed by atoms with E-state index in [0.29, 0.717) is 0 Å². The zero-order valence-corrected chi connectivity index (χ0v) is 20.3. The van der Waals surface area contributed by atoms with Gasteiger partial charge in [-0.2, -0.15) is 11.3 Å². The summed E-state index contributed by atoms with van der Waals surface area (Å²) in [6.45, 7) is 3.60. The summed E-state index contributed by atoms with van der Waals surface area (Å²) in [6, 6.07) is 0.135. The van der Waals surface area contributed by atoms with Crippen molar-refractivity contribution in [2.75, 3.05) is 12.3 Å². The Kier molecular flexibility index (Phi) is 11.9. The van der Waals surface area contributed by atoms with E-state index in [9.17, 15) is 38.2 Å². The number of hydrogen-bond donors (Lipinski definition) is 6. The Morgan fingerprint density at radius 2 is 2.00 bits per heavy atom. The molecule has 2 atom stereocenters. The van der Waals surface area contributed by atoms with Gasteiger partial charge in [-0.25, -0.2) is 23.5 Å². The number of carbonyl (C=O) groups is 2. The summed E-state index contributed by atoms with van der Waals surface area (Å²) in [7, 11) is -5.76. The van der Waals surface area contributed by atoms with Gasteiger partial charge in [0.2, 0.25) is 11.8 Å². The summed E-state index contributed by atoms with van der Waals surface area (Å²) in [6.07, 6.45) is 0.359. The zero-order valence-electron chi connectivity index (χ0n) is 18.7. The van der Waals surface area contributed by atoms with Crippen LogP contribution in [-0.4, -0.2) is 72.7 Å².